The van der Waals surface area contributed by atoms with Crippen molar-refractivity contribution in [2.45, 2.75) is 25.7 Å². The maximum Gasteiger partial charge on any atom is 0.321 e. The van der Waals surface area contributed by atoms with E-state index >= 15 is 0 Å². The molecule has 1 aromatic carbocycles. The summed E-state index contributed by atoms with van der Waals surface area (Å²) in [6.07, 6.45) is 0.381. The molecule has 26 heavy (non-hydrogen) atoms. The van der Waals surface area contributed by atoms with E-state index in [-0.39, 0.29) is 11.9 Å². The fraction of sp³-hybridized carbons (Fsp3) is 0.375. The van der Waals surface area contributed by atoms with Gasteiger partial charge in [0.25, 0.3) is 0 Å². The molecule has 0 unspecified atom stereocenters. The minimum Gasteiger partial charge on any atom is -0.339 e. The quantitative estimate of drug-likeness (QED) is 0.601. The van der Waals surface area contributed by atoms with Crippen LogP contribution in [0.25, 0.3) is 10.2 Å². The van der Waals surface area contributed by atoms with E-state index < -0.39 is 12.1 Å². The van der Waals surface area contributed by atoms with Crippen LogP contribution in [0.2, 0.25) is 0 Å². The summed E-state index contributed by atoms with van der Waals surface area (Å²) in [5.41, 5.74) is 0.0149. The van der Waals surface area contributed by atoms with E-state index in [1.165, 1.54) is 11.3 Å². The SMILES string of the molecule is CC(C)(CF)c1nc(CCNC(=O)Nc2nc3ccc(Br)cc3s2)no1. The molecule has 2 heterocycles. The van der Waals surface area contributed by atoms with Crippen molar-refractivity contribution in [3.05, 3.63) is 34.4 Å². The second-order valence-electron chi connectivity index (χ2n) is 6.30. The monoisotopic (exact) mass is 441 g/mol. The van der Waals surface area contributed by atoms with Crippen LogP contribution in [-0.2, 0) is 11.8 Å². The van der Waals surface area contributed by atoms with Crippen LogP contribution in [0.15, 0.2) is 27.2 Å². The average Bonchev–Trinajstić information content (AvgIpc) is 3.21. The highest BCUT2D eigenvalue weighted by atomic mass is 79.9. The van der Waals surface area contributed by atoms with Gasteiger partial charge in [-0.15, -0.1) is 0 Å². The predicted molar refractivity (Wildman–Crippen MR) is 101 cm³/mol. The number of hydrogen-bond donors (Lipinski definition) is 2. The van der Waals surface area contributed by atoms with Crippen LogP contribution in [0, 0.1) is 0 Å². The number of benzene rings is 1. The summed E-state index contributed by atoms with van der Waals surface area (Å²) < 4.78 is 19.9. The highest BCUT2D eigenvalue weighted by Gasteiger charge is 2.27. The number of alkyl halides is 1. The molecular formula is C16H17BrFN5O2S. The zero-order valence-electron chi connectivity index (χ0n) is 14.2. The van der Waals surface area contributed by atoms with Crippen LogP contribution in [0.4, 0.5) is 14.3 Å². The van der Waals surface area contributed by atoms with E-state index in [4.69, 9.17) is 4.52 Å². The van der Waals surface area contributed by atoms with E-state index in [1.807, 2.05) is 18.2 Å². The van der Waals surface area contributed by atoms with Gasteiger partial charge in [-0.05, 0) is 32.0 Å². The van der Waals surface area contributed by atoms with Gasteiger partial charge in [-0.3, -0.25) is 5.32 Å². The predicted octanol–water partition coefficient (Wildman–Crippen LogP) is 4.05. The van der Waals surface area contributed by atoms with Crippen molar-refractivity contribution < 1.29 is 13.7 Å². The lowest BCUT2D eigenvalue weighted by atomic mass is 9.96. The summed E-state index contributed by atoms with van der Waals surface area (Å²) in [7, 11) is 0. The van der Waals surface area contributed by atoms with Gasteiger partial charge < -0.3 is 9.84 Å². The number of carbonyl (C=O) groups is 1. The Morgan fingerprint density at radius 1 is 1.38 bits per heavy atom. The summed E-state index contributed by atoms with van der Waals surface area (Å²) in [6.45, 7) is 3.10. The maximum absolute atomic E-state index is 12.9. The number of nitrogens with zero attached hydrogens (tertiary/aromatic N) is 3. The molecule has 138 valence electrons. The first-order valence-corrected chi connectivity index (χ1v) is 9.48. The van der Waals surface area contributed by atoms with E-state index in [0.29, 0.717) is 23.9 Å². The fourth-order valence-electron chi connectivity index (χ4n) is 2.07. The lowest BCUT2D eigenvalue weighted by molar-refractivity contribution is 0.252. The number of nitrogens with one attached hydrogen (secondary N) is 2. The van der Waals surface area contributed by atoms with Crippen molar-refractivity contribution in [2.24, 2.45) is 0 Å². The van der Waals surface area contributed by atoms with Gasteiger partial charge in [-0.1, -0.05) is 32.4 Å². The number of fused-ring (bicyclic) bond motifs is 1. The van der Waals surface area contributed by atoms with E-state index in [1.54, 1.807) is 13.8 Å². The molecule has 0 atom stereocenters. The molecule has 0 aliphatic rings. The molecule has 0 saturated carbocycles. The lowest BCUT2D eigenvalue weighted by Gasteiger charge is -2.13. The third kappa shape index (κ3) is 4.36. The Kier molecular flexibility index (Phi) is 5.52. The van der Waals surface area contributed by atoms with Crippen LogP contribution < -0.4 is 10.6 Å². The first-order chi connectivity index (χ1) is 12.4. The molecule has 2 amide bonds. The van der Waals surface area contributed by atoms with Crippen molar-refractivity contribution in [1.29, 1.82) is 0 Å². The third-order valence-electron chi connectivity index (χ3n) is 3.59. The molecular weight excluding hydrogens is 425 g/mol. The normalized spacial score (nSPS) is 11.7. The van der Waals surface area contributed by atoms with Gasteiger partial charge in [-0.25, -0.2) is 14.2 Å². The second-order valence-corrected chi connectivity index (χ2v) is 8.24. The molecule has 7 nitrogen and oxygen atoms in total. The van der Waals surface area contributed by atoms with Gasteiger partial charge in [-0.2, -0.15) is 4.98 Å². The molecule has 10 heteroatoms. The number of carbonyl (C=O) groups excluding carboxylic acids is 1. The van der Waals surface area contributed by atoms with Crippen molar-refractivity contribution >= 4 is 48.6 Å². The number of hydrogen-bond acceptors (Lipinski definition) is 6. The van der Waals surface area contributed by atoms with E-state index in [2.05, 4.69) is 41.7 Å². The van der Waals surface area contributed by atoms with Crippen molar-refractivity contribution in [3.8, 4) is 0 Å². The van der Waals surface area contributed by atoms with Crippen molar-refractivity contribution in [3.63, 3.8) is 0 Å². The Balaban J connectivity index is 1.51. The molecule has 0 aliphatic carbocycles. The molecule has 3 aromatic rings. The zero-order valence-corrected chi connectivity index (χ0v) is 16.6. The number of urea groups is 1. The van der Waals surface area contributed by atoms with E-state index in [0.717, 1.165) is 14.7 Å². The van der Waals surface area contributed by atoms with Crippen LogP contribution in [-0.4, -0.2) is 34.4 Å². The number of halogens is 2. The van der Waals surface area contributed by atoms with Gasteiger partial charge in [0.2, 0.25) is 5.89 Å². The van der Waals surface area contributed by atoms with Crippen LogP contribution in [0.3, 0.4) is 0 Å². The van der Waals surface area contributed by atoms with Crippen molar-refractivity contribution in [2.75, 3.05) is 18.5 Å². The van der Waals surface area contributed by atoms with Crippen LogP contribution in [0.5, 0.6) is 0 Å². The van der Waals surface area contributed by atoms with Gasteiger partial charge >= 0.3 is 6.03 Å². The Bertz CT molecular complexity index is 926. The summed E-state index contributed by atoms with van der Waals surface area (Å²) >= 11 is 4.80. The first-order valence-electron chi connectivity index (χ1n) is 7.87. The minimum absolute atomic E-state index is 0.250. The summed E-state index contributed by atoms with van der Waals surface area (Å²) in [6, 6.07) is 5.36. The first kappa shape index (κ1) is 18.7. The smallest absolute Gasteiger partial charge is 0.321 e. The van der Waals surface area contributed by atoms with Gasteiger partial charge in [0.05, 0.1) is 15.6 Å². The summed E-state index contributed by atoms with van der Waals surface area (Å²) in [4.78, 5) is 20.5. The second kappa shape index (κ2) is 7.67. The molecule has 0 saturated heterocycles. The number of thiazole rings is 1. The highest BCUT2D eigenvalue weighted by molar-refractivity contribution is 9.10. The largest absolute Gasteiger partial charge is 0.339 e. The van der Waals surface area contributed by atoms with Crippen molar-refractivity contribution in [1.82, 2.24) is 20.4 Å². The van der Waals surface area contributed by atoms with Crippen LogP contribution >= 0.6 is 27.3 Å². The Morgan fingerprint density at radius 2 is 2.19 bits per heavy atom. The Hall–Kier alpha value is -2.07. The van der Waals surface area contributed by atoms with Crippen LogP contribution in [0.1, 0.15) is 25.6 Å². The minimum atomic E-state index is -0.808. The number of anilines is 1. The Morgan fingerprint density at radius 3 is 2.96 bits per heavy atom. The molecule has 0 spiro atoms. The molecule has 2 N–H and O–H groups in total. The van der Waals surface area contributed by atoms with Gasteiger partial charge in [0, 0.05) is 17.4 Å². The number of amides is 2. The standard InChI is InChI=1S/C16H17BrFN5O2S/c1-16(2,8-18)13-21-12(23-25-13)5-6-19-14(24)22-15-20-10-4-3-9(17)7-11(10)26-15/h3-4,7H,5-6,8H2,1-2H3,(H2,19,20,22,24). The third-order valence-corrected chi connectivity index (χ3v) is 5.01. The van der Waals surface area contributed by atoms with Gasteiger partial charge in [0.15, 0.2) is 11.0 Å². The molecule has 0 fully saturated rings. The maximum atomic E-state index is 12.9. The molecule has 0 aliphatic heterocycles. The van der Waals surface area contributed by atoms with Gasteiger partial charge in [0.1, 0.15) is 6.67 Å². The zero-order chi connectivity index (χ0) is 18.7. The molecule has 0 radical (unpaired) electrons. The summed E-state index contributed by atoms with van der Waals surface area (Å²) in [5.74, 6) is 0.673. The number of aromatic nitrogens is 3. The Labute approximate surface area is 161 Å². The number of rotatable bonds is 6. The molecule has 3 rings (SSSR count). The van der Waals surface area contributed by atoms with E-state index in [9.17, 15) is 9.18 Å². The lowest BCUT2D eigenvalue weighted by Crippen LogP contribution is -2.30. The fourth-order valence-corrected chi connectivity index (χ4v) is 3.48. The topological polar surface area (TPSA) is 92.9 Å². The summed E-state index contributed by atoms with van der Waals surface area (Å²) in [5, 5.41) is 9.74. The average molecular weight is 442 g/mol. The molecule has 0 bridgehead atoms. The molecule has 2 aromatic heterocycles. The highest BCUT2D eigenvalue weighted by Crippen LogP contribution is 2.28.